The molecule has 0 radical (unpaired) electrons. The molecule has 4 nitrogen and oxygen atoms in total. The predicted molar refractivity (Wildman–Crippen MR) is 47.2 cm³/mol. The van der Waals surface area contributed by atoms with E-state index in [0.717, 1.165) is 0 Å². The molecule has 4 N–H and O–H groups in total. The van der Waals surface area contributed by atoms with Gasteiger partial charge in [-0.05, 0) is 12.2 Å². The number of aliphatic carboxylic acids is 1. The fraction of sp³-hybridized carbons (Fsp3) is 0.125. The molecule has 0 aromatic carbocycles. The van der Waals surface area contributed by atoms with Crippen LogP contribution in [0.2, 0.25) is 0 Å². The summed E-state index contributed by atoms with van der Waals surface area (Å²) in [5.74, 6) is -0.968. The molecule has 0 unspecified atom stereocenters. The van der Waals surface area contributed by atoms with Crippen LogP contribution in [0.1, 0.15) is 0 Å². The van der Waals surface area contributed by atoms with Crippen LogP contribution in [0, 0.1) is 0 Å². The van der Waals surface area contributed by atoms with E-state index in [1.165, 1.54) is 0 Å². The van der Waals surface area contributed by atoms with Gasteiger partial charge in [0.15, 0.2) is 0 Å². The summed E-state index contributed by atoms with van der Waals surface area (Å²) in [5, 5.41) is 10.5. The van der Waals surface area contributed by atoms with E-state index in [9.17, 15) is 4.79 Å². The molecule has 4 heteroatoms. The minimum absolute atomic E-state index is 0.278. The van der Waals surface area contributed by atoms with Crippen LogP contribution >= 0.6 is 0 Å². The van der Waals surface area contributed by atoms with Gasteiger partial charge in [0.2, 0.25) is 0 Å². The van der Waals surface area contributed by atoms with Crippen molar-refractivity contribution in [2.75, 3.05) is 6.54 Å². The van der Waals surface area contributed by atoms with Gasteiger partial charge >= 0.3 is 5.97 Å². The van der Waals surface area contributed by atoms with Gasteiger partial charge in [0.1, 0.15) is 0 Å². The highest BCUT2D eigenvalue weighted by Crippen LogP contribution is 1.81. The molecule has 0 amide bonds. The first kappa shape index (κ1) is 10.4. The molecule has 0 saturated heterocycles. The van der Waals surface area contributed by atoms with E-state index < -0.39 is 5.97 Å². The van der Waals surface area contributed by atoms with Gasteiger partial charge in [-0.2, -0.15) is 0 Å². The quantitative estimate of drug-likeness (QED) is 0.523. The topological polar surface area (TPSA) is 75.3 Å². The SMILES string of the molecule is C1=CC=CNC=C1.NCC(=O)O. The summed E-state index contributed by atoms with van der Waals surface area (Å²) in [6, 6.07) is 0. The molecule has 12 heavy (non-hydrogen) atoms. The van der Waals surface area contributed by atoms with Gasteiger partial charge in [-0.15, -0.1) is 0 Å². The lowest BCUT2D eigenvalue weighted by Crippen LogP contribution is -2.10. The highest BCUT2D eigenvalue weighted by atomic mass is 16.4. The van der Waals surface area contributed by atoms with Gasteiger partial charge in [-0.25, -0.2) is 0 Å². The highest BCUT2D eigenvalue weighted by molar-refractivity contribution is 5.68. The van der Waals surface area contributed by atoms with Crippen LogP contribution in [0.3, 0.4) is 0 Å². The molecular weight excluding hydrogens is 156 g/mol. The smallest absolute Gasteiger partial charge is 0.317 e. The fourth-order valence-electron chi connectivity index (χ4n) is 0.406. The summed E-state index contributed by atoms with van der Waals surface area (Å²) in [5.41, 5.74) is 4.57. The van der Waals surface area contributed by atoms with Crippen LogP contribution in [0.15, 0.2) is 36.7 Å². The third-order valence-electron chi connectivity index (χ3n) is 0.893. The Bertz CT molecular complexity index is 193. The number of hydrogen-bond donors (Lipinski definition) is 3. The maximum absolute atomic E-state index is 9.24. The van der Waals surface area contributed by atoms with Crippen LogP contribution in [-0.4, -0.2) is 17.6 Å². The summed E-state index contributed by atoms with van der Waals surface area (Å²) in [6.45, 7) is -0.278. The molecule has 1 rings (SSSR count). The Morgan fingerprint density at radius 2 is 1.67 bits per heavy atom. The molecule has 1 aliphatic heterocycles. The van der Waals surface area contributed by atoms with Gasteiger partial charge in [-0.1, -0.05) is 12.2 Å². The molecule has 0 bridgehead atoms. The Hall–Kier alpha value is -1.55. The second kappa shape index (κ2) is 7.56. The minimum atomic E-state index is -0.968. The van der Waals surface area contributed by atoms with Crippen LogP contribution in [0.25, 0.3) is 0 Å². The molecule has 0 aliphatic carbocycles. The maximum atomic E-state index is 9.24. The van der Waals surface area contributed by atoms with Crippen molar-refractivity contribution in [3.8, 4) is 0 Å². The maximum Gasteiger partial charge on any atom is 0.317 e. The Kier molecular flexibility index (Phi) is 6.58. The normalized spacial score (nSPS) is 12.4. The van der Waals surface area contributed by atoms with Crippen LogP contribution in [0.4, 0.5) is 0 Å². The largest absolute Gasteiger partial charge is 0.480 e. The molecular formula is C8H12N2O2. The van der Waals surface area contributed by atoms with Gasteiger partial charge in [0.25, 0.3) is 0 Å². The van der Waals surface area contributed by atoms with E-state index in [4.69, 9.17) is 5.11 Å². The second-order valence-corrected chi connectivity index (χ2v) is 1.87. The van der Waals surface area contributed by atoms with E-state index in [-0.39, 0.29) is 6.54 Å². The minimum Gasteiger partial charge on any atom is -0.480 e. The molecule has 0 saturated carbocycles. The number of carboxylic acids is 1. The molecule has 1 heterocycles. The monoisotopic (exact) mass is 168 g/mol. The first-order chi connectivity index (χ1) is 5.77. The number of nitrogens with two attached hydrogens (primary N) is 1. The van der Waals surface area contributed by atoms with Crippen LogP contribution < -0.4 is 11.1 Å². The summed E-state index contributed by atoms with van der Waals surface area (Å²) < 4.78 is 0. The number of allylic oxidation sites excluding steroid dienone is 4. The van der Waals surface area contributed by atoms with Crippen molar-refractivity contribution < 1.29 is 9.90 Å². The third kappa shape index (κ3) is 8.45. The molecule has 1 aliphatic rings. The van der Waals surface area contributed by atoms with Crippen molar-refractivity contribution in [3.63, 3.8) is 0 Å². The number of nitrogens with one attached hydrogen (secondary N) is 1. The lowest BCUT2D eigenvalue weighted by molar-refractivity contribution is -0.135. The summed E-state index contributed by atoms with van der Waals surface area (Å²) >= 11 is 0. The molecule has 0 fully saturated rings. The Morgan fingerprint density at radius 3 is 2.00 bits per heavy atom. The fourth-order valence-corrected chi connectivity index (χ4v) is 0.406. The van der Waals surface area contributed by atoms with Crippen molar-refractivity contribution in [3.05, 3.63) is 36.7 Å². The third-order valence-corrected chi connectivity index (χ3v) is 0.893. The van der Waals surface area contributed by atoms with Gasteiger partial charge < -0.3 is 16.2 Å². The van der Waals surface area contributed by atoms with Crippen molar-refractivity contribution in [2.45, 2.75) is 0 Å². The van der Waals surface area contributed by atoms with Crippen LogP contribution in [0.5, 0.6) is 0 Å². The lowest BCUT2D eigenvalue weighted by Gasteiger charge is -1.79. The summed E-state index contributed by atoms with van der Waals surface area (Å²) in [6.07, 6.45) is 11.6. The summed E-state index contributed by atoms with van der Waals surface area (Å²) in [4.78, 5) is 9.24. The van der Waals surface area contributed by atoms with E-state index >= 15 is 0 Å². The predicted octanol–water partition coefficient (Wildman–Crippen LogP) is 0.203. The molecule has 66 valence electrons. The zero-order chi connectivity index (χ0) is 9.23. The van der Waals surface area contributed by atoms with Crippen LogP contribution in [-0.2, 0) is 4.79 Å². The average molecular weight is 168 g/mol. The number of carbonyl (C=O) groups is 1. The number of rotatable bonds is 1. The van der Waals surface area contributed by atoms with Gasteiger partial charge in [0.05, 0.1) is 6.54 Å². The first-order valence-corrected chi connectivity index (χ1v) is 3.43. The molecule has 0 aromatic rings. The molecule has 0 spiro atoms. The van der Waals surface area contributed by atoms with E-state index in [1.807, 2.05) is 36.7 Å². The lowest BCUT2D eigenvalue weighted by atomic mass is 10.5. The van der Waals surface area contributed by atoms with Crippen molar-refractivity contribution in [2.24, 2.45) is 5.73 Å². The average Bonchev–Trinajstić information content (AvgIpc) is 2.35. The first-order valence-electron chi connectivity index (χ1n) is 3.43. The Labute approximate surface area is 71.1 Å². The van der Waals surface area contributed by atoms with Crippen molar-refractivity contribution in [1.29, 1.82) is 0 Å². The second-order valence-electron chi connectivity index (χ2n) is 1.87. The van der Waals surface area contributed by atoms with Crippen molar-refractivity contribution in [1.82, 2.24) is 5.32 Å². The van der Waals surface area contributed by atoms with Gasteiger partial charge in [0, 0.05) is 12.4 Å². The Balaban J connectivity index is 0.000000217. The summed E-state index contributed by atoms with van der Waals surface area (Å²) in [7, 11) is 0. The number of carboxylic acid groups (broad SMARTS) is 1. The van der Waals surface area contributed by atoms with Gasteiger partial charge in [-0.3, -0.25) is 4.79 Å². The zero-order valence-electron chi connectivity index (χ0n) is 6.60. The van der Waals surface area contributed by atoms with E-state index in [2.05, 4.69) is 11.1 Å². The molecule has 0 atom stereocenters. The zero-order valence-corrected chi connectivity index (χ0v) is 6.60. The molecule has 0 aromatic heterocycles. The Morgan fingerprint density at radius 1 is 1.25 bits per heavy atom. The van der Waals surface area contributed by atoms with E-state index in [1.54, 1.807) is 0 Å². The highest BCUT2D eigenvalue weighted by Gasteiger charge is 1.81. The van der Waals surface area contributed by atoms with E-state index in [0.29, 0.717) is 0 Å². The standard InChI is InChI=1S/C6H7N.C2H5NO2/c1-2-4-6-7-5-3-1;3-1-2(4)5/h1-7H;1,3H2,(H,4,5). The van der Waals surface area contributed by atoms with Crippen molar-refractivity contribution >= 4 is 5.97 Å². The number of hydrogen-bond acceptors (Lipinski definition) is 3.